The third-order valence-corrected chi connectivity index (χ3v) is 8.13. The van der Waals surface area contributed by atoms with Crippen LogP contribution in [0.5, 0.6) is 0 Å². The Bertz CT molecular complexity index is 1460. The summed E-state index contributed by atoms with van der Waals surface area (Å²) < 4.78 is 2.35. The molecule has 0 aliphatic carbocycles. The Balaban J connectivity index is 1.90. The van der Waals surface area contributed by atoms with Crippen molar-refractivity contribution in [2.24, 2.45) is 17.9 Å². The normalized spacial score (nSPS) is 13.6. The second kappa shape index (κ2) is 7.85. The van der Waals surface area contributed by atoms with E-state index in [1.54, 1.807) is 0 Å². The molecule has 0 unspecified atom stereocenters. The number of pyridine rings is 1. The third-order valence-electron chi connectivity index (χ3n) is 6.93. The van der Waals surface area contributed by atoms with Gasteiger partial charge in [-0.15, -0.1) is 0 Å². The van der Waals surface area contributed by atoms with Gasteiger partial charge in [-0.25, -0.2) is 4.57 Å². The van der Waals surface area contributed by atoms with Gasteiger partial charge in [0, 0.05) is 15.9 Å². The smallest absolute Gasteiger partial charge is 0.200 e. The minimum atomic E-state index is 0.212. The molecule has 5 rings (SSSR count). The van der Waals surface area contributed by atoms with Crippen LogP contribution in [0.3, 0.4) is 0 Å². The van der Waals surface area contributed by atoms with Crippen molar-refractivity contribution in [3.8, 4) is 11.3 Å². The summed E-state index contributed by atoms with van der Waals surface area (Å²) in [5, 5.41) is 5.61. The van der Waals surface area contributed by atoms with E-state index in [9.17, 15) is 0 Å². The summed E-state index contributed by atoms with van der Waals surface area (Å²) in [6.45, 7) is 18.6. The zero-order chi connectivity index (χ0) is 24.6. The lowest BCUT2D eigenvalue weighted by atomic mass is 9.82. The lowest BCUT2D eigenvalue weighted by Gasteiger charge is -2.28. The maximum atomic E-state index is 2.47. The molecule has 2 heterocycles. The molecule has 0 amide bonds. The first kappa shape index (κ1) is 23.4. The summed E-state index contributed by atoms with van der Waals surface area (Å²) in [6.07, 6.45) is 4.41. The number of fused-ring (bicyclic) bond motifs is 3. The van der Waals surface area contributed by atoms with Crippen LogP contribution in [-0.2, 0) is 19.9 Å². The molecule has 0 saturated heterocycles. The molecule has 0 saturated carbocycles. The first-order chi connectivity index (χ1) is 15.8. The van der Waals surface area contributed by atoms with Crippen LogP contribution in [0.2, 0.25) is 0 Å². The fraction of sp³-hybridized carbons (Fsp3) is 0.406. The molecule has 0 fully saturated rings. The lowest BCUT2D eigenvalue weighted by molar-refractivity contribution is -0.659. The maximum absolute atomic E-state index is 2.47. The summed E-state index contributed by atoms with van der Waals surface area (Å²) in [5.41, 5.74) is 8.98. The molecule has 1 aliphatic rings. The Hall–Kier alpha value is -2.32. The van der Waals surface area contributed by atoms with Crippen molar-refractivity contribution < 1.29 is 4.57 Å². The zero-order valence-corrected chi connectivity index (χ0v) is 23.1. The minimum Gasteiger partial charge on any atom is -0.200 e. The molecule has 34 heavy (non-hydrogen) atoms. The van der Waals surface area contributed by atoms with Gasteiger partial charge in [0.2, 0.25) is 5.69 Å². The molecular formula is C32H38NS+. The molecular weight excluding hydrogens is 430 g/mol. The van der Waals surface area contributed by atoms with Gasteiger partial charge in [0.05, 0.1) is 10.9 Å². The van der Waals surface area contributed by atoms with Gasteiger partial charge in [0.25, 0.3) is 0 Å². The molecule has 1 nitrogen and oxygen atoms in total. The van der Waals surface area contributed by atoms with Gasteiger partial charge in [-0.05, 0) is 76.4 Å². The molecule has 1 aromatic heterocycles. The van der Waals surface area contributed by atoms with E-state index in [0.29, 0.717) is 0 Å². The third kappa shape index (κ3) is 4.05. The molecule has 0 atom stereocenters. The predicted molar refractivity (Wildman–Crippen MR) is 148 cm³/mol. The van der Waals surface area contributed by atoms with Crippen molar-refractivity contribution in [2.45, 2.75) is 78.0 Å². The Morgan fingerprint density at radius 1 is 0.824 bits per heavy atom. The van der Waals surface area contributed by atoms with E-state index in [4.69, 9.17) is 0 Å². The monoisotopic (exact) mass is 468 g/mol. The second-order valence-corrected chi connectivity index (χ2v) is 13.8. The van der Waals surface area contributed by atoms with Crippen molar-refractivity contribution in [1.29, 1.82) is 0 Å². The van der Waals surface area contributed by atoms with Crippen LogP contribution in [0.25, 0.3) is 32.8 Å². The first-order valence-electron chi connectivity index (χ1n) is 12.5. The van der Waals surface area contributed by atoms with Crippen molar-refractivity contribution in [3.05, 3.63) is 64.8 Å². The summed E-state index contributed by atoms with van der Waals surface area (Å²) in [4.78, 5) is 2.88. The fourth-order valence-corrected chi connectivity index (χ4v) is 7.05. The fourth-order valence-electron chi connectivity index (χ4n) is 5.64. The highest BCUT2D eigenvalue weighted by Crippen LogP contribution is 2.52. The van der Waals surface area contributed by atoms with Gasteiger partial charge < -0.3 is 0 Å². The number of rotatable bonds is 2. The van der Waals surface area contributed by atoms with E-state index >= 15 is 0 Å². The second-order valence-electron chi connectivity index (χ2n) is 12.8. The Kier molecular flexibility index (Phi) is 5.41. The van der Waals surface area contributed by atoms with E-state index in [1.807, 2.05) is 11.8 Å². The number of aryl methyl sites for hydroxylation is 3. The molecule has 176 valence electrons. The zero-order valence-electron chi connectivity index (χ0n) is 22.3. The Morgan fingerprint density at radius 2 is 1.53 bits per heavy atom. The summed E-state index contributed by atoms with van der Waals surface area (Å²) in [6, 6.07) is 14.2. The molecule has 4 aromatic rings. The minimum absolute atomic E-state index is 0.212. The maximum Gasteiger partial charge on any atom is 0.222 e. The largest absolute Gasteiger partial charge is 0.222 e. The van der Waals surface area contributed by atoms with E-state index in [-0.39, 0.29) is 10.8 Å². The number of nitrogens with zero attached hydrogens (tertiary/aromatic N) is 1. The Labute approximate surface area is 209 Å². The topological polar surface area (TPSA) is 3.88 Å². The summed E-state index contributed by atoms with van der Waals surface area (Å²) in [7, 11) is 2.21. The molecule has 0 N–H and O–H groups in total. The van der Waals surface area contributed by atoms with E-state index in [0.717, 1.165) is 12.8 Å². The molecule has 0 spiro atoms. The number of hydrogen-bond acceptors (Lipinski definition) is 1. The molecule has 1 aliphatic heterocycles. The van der Waals surface area contributed by atoms with Crippen LogP contribution in [0.1, 0.15) is 63.8 Å². The van der Waals surface area contributed by atoms with E-state index < -0.39 is 0 Å². The Morgan fingerprint density at radius 3 is 2.21 bits per heavy atom. The SMILES string of the molecule is Cc1ccc2c(CC(C)(C)C)c3c(c(C)c2c1)-c1c2c(cc(CC(C)(C)C)cc2cc[n+]1C)S3. The molecule has 3 aromatic carbocycles. The van der Waals surface area contributed by atoms with Gasteiger partial charge in [0.15, 0.2) is 6.20 Å². The van der Waals surface area contributed by atoms with Crippen LogP contribution in [-0.4, -0.2) is 0 Å². The average Bonchev–Trinajstić information content (AvgIpc) is 2.71. The number of benzene rings is 3. The predicted octanol–water partition coefficient (Wildman–Crippen LogP) is 8.74. The van der Waals surface area contributed by atoms with Crippen LogP contribution >= 0.6 is 11.8 Å². The summed E-state index contributed by atoms with van der Waals surface area (Å²) in [5.74, 6) is 0. The standard InChI is InChI=1S/C32H38NS/c1-19-10-11-23-24(14-19)20(2)27-29-28-22(12-13-33(29)9)15-21(17-31(3,4)5)16-26(28)34-30(27)25(23)18-32(6,7)8/h10-16H,17-18H2,1-9H3/q+1. The van der Waals surface area contributed by atoms with E-state index in [2.05, 4.69) is 110 Å². The molecule has 0 bridgehead atoms. The highest BCUT2D eigenvalue weighted by molar-refractivity contribution is 7.99. The highest BCUT2D eigenvalue weighted by atomic mass is 32.2. The van der Waals surface area contributed by atoms with Gasteiger partial charge in [-0.2, -0.15) is 0 Å². The number of aromatic nitrogens is 1. The number of hydrogen-bond donors (Lipinski definition) is 0. The molecule has 0 radical (unpaired) electrons. The molecule has 2 heteroatoms. The van der Waals surface area contributed by atoms with Gasteiger partial charge in [0.1, 0.15) is 7.05 Å². The van der Waals surface area contributed by atoms with Crippen molar-refractivity contribution in [3.63, 3.8) is 0 Å². The van der Waals surface area contributed by atoms with Gasteiger partial charge in [-0.1, -0.05) is 83.1 Å². The lowest BCUT2D eigenvalue weighted by Crippen LogP contribution is -2.32. The van der Waals surface area contributed by atoms with Crippen LogP contribution in [0.4, 0.5) is 0 Å². The highest BCUT2D eigenvalue weighted by Gasteiger charge is 2.33. The van der Waals surface area contributed by atoms with Crippen molar-refractivity contribution in [2.75, 3.05) is 0 Å². The summed E-state index contributed by atoms with van der Waals surface area (Å²) >= 11 is 2.01. The first-order valence-corrected chi connectivity index (χ1v) is 13.3. The van der Waals surface area contributed by atoms with E-state index in [1.165, 1.54) is 64.8 Å². The average molecular weight is 469 g/mol. The quantitative estimate of drug-likeness (QED) is 0.234. The van der Waals surface area contributed by atoms with Crippen LogP contribution in [0.15, 0.2) is 52.4 Å². The van der Waals surface area contributed by atoms with Gasteiger partial charge in [-0.3, -0.25) is 0 Å². The van der Waals surface area contributed by atoms with Gasteiger partial charge >= 0.3 is 0 Å². The van der Waals surface area contributed by atoms with Crippen LogP contribution < -0.4 is 4.57 Å². The van der Waals surface area contributed by atoms with Crippen LogP contribution in [0, 0.1) is 24.7 Å². The van der Waals surface area contributed by atoms with Crippen molar-refractivity contribution in [1.82, 2.24) is 0 Å². The van der Waals surface area contributed by atoms with Crippen molar-refractivity contribution >= 4 is 33.3 Å².